The zero-order valence-corrected chi connectivity index (χ0v) is 10.5. The van der Waals surface area contributed by atoms with Crippen molar-refractivity contribution in [2.24, 2.45) is 12.9 Å². The average Bonchev–Trinajstić information content (AvgIpc) is 2.66. The largest absolute Gasteiger partial charge is 0.379 e. The third kappa shape index (κ3) is 3.30. The van der Waals surface area contributed by atoms with Crippen molar-refractivity contribution in [1.29, 1.82) is 0 Å². The number of nitrogens with two attached hydrogens (primary N) is 1. The number of hydrazine groups is 1. The summed E-state index contributed by atoms with van der Waals surface area (Å²) in [6.07, 6.45) is 5.51. The first-order valence-corrected chi connectivity index (χ1v) is 5.48. The predicted molar refractivity (Wildman–Crippen MR) is 63.6 cm³/mol. The molecular weight excluding hydrogens is 204 g/mol. The Morgan fingerprint density at radius 3 is 2.75 bits per heavy atom. The van der Waals surface area contributed by atoms with Crippen LogP contribution >= 0.6 is 0 Å². The van der Waals surface area contributed by atoms with Gasteiger partial charge in [-0.25, -0.2) is 10.4 Å². The standard InChI is InChI=1S/C11H22N4O/c1-11(2,16-4)6-5-9(14-12)10-13-7-8-15(10)3/h7-9,14H,5-6,12H2,1-4H3. The predicted octanol–water partition coefficient (Wildman–Crippen LogP) is 1.13. The Bertz CT molecular complexity index is 322. The van der Waals surface area contributed by atoms with Gasteiger partial charge in [-0.1, -0.05) is 0 Å². The Hall–Kier alpha value is -0.910. The summed E-state index contributed by atoms with van der Waals surface area (Å²) in [7, 11) is 3.69. The number of aryl methyl sites for hydroxylation is 1. The van der Waals surface area contributed by atoms with Crippen LogP contribution in [0.1, 0.15) is 38.6 Å². The van der Waals surface area contributed by atoms with Gasteiger partial charge in [0.05, 0.1) is 11.6 Å². The monoisotopic (exact) mass is 226 g/mol. The molecule has 0 bridgehead atoms. The molecule has 0 amide bonds. The second kappa shape index (κ2) is 5.43. The van der Waals surface area contributed by atoms with Crippen molar-refractivity contribution in [2.75, 3.05) is 7.11 Å². The molecule has 0 saturated carbocycles. The van der Waals surface area contributed by atoms with Crippen LogP contribution in [-0.4, -0.2) is 22.3 Å². The van der Waals surface area contributed by atoms with Gasteiger partial charge in [-0.05, 0) is 26.7 Å². The number of hydrogen-bond acceptors (Lipinski definition) is 4. The van der Waals surface area contributed by atoms with Crippen LogP contribution in [-0.2, 0) is 11.8 Å². The third-order valence-electron chi connectivity index (χ3n) is 2.96. The van der Waals surface area contributed by atoms with Gasteiger partial charge in [0.15, 0.2) is 0 Å². The Morgan fingerprint density at radius 2 is 2.31 bits per heavy atom. The van der Waals surface area contributed by atoms with Gasteiger partial charge in [-0.2, -0.15) is 0 Å². The van der Waals surface area contributed by atoms with Crippen molar-refractivity contribution in [1.82, 2.24) is 15.0 Å². The highest BCUT2D eigenvalue weighted by Gasteiger charge is 2.21. The summed E-state index contributed by atoms with van der Waals surface area (Å²) in [6.45, 7) is 4.14. The summed E-state index contributed by atoms with van der Waals surface area (Å²) in [5.41, 5.74) is 2.68. The lowest BCUT2D eigenvalue weighted by atomic mass is 9.99. The van der Waals surface area contributed by atoms with E-state index in [0.29, 0.717) is 0 Å². The van der Waals surface area contributed by atoms with Gasteiger partial charge < -0.3 is 9.30 Å². The molecule has 1 aromatic heterocycles. The maximum atomic E-state index is 5.56. The molecule has 0 aromatic carbocycles. The van der Waals surface area contributed by atoms with Crippen molar-refractivity contribution in [3.05, 3.63) is 18.2 Å². The smallest absolute Gasteiger partial charge is 0.126 e. The molecule has 0 radical (unpaired) electrons. The molecule has 1 atom stereocenters. The van der Waals surface area contributed by atoms with Crippen molar-refractivity contribution in [3.8, 4) is 0 Å². The number of nitrogens with one attached hydrogen (secondary N) is 1. The van der Waals surface area contributed by atoms with E-state index in [1.165, 1.54) is 0 Å². The normalized spacial score (nSPS) is 14.1. The van der Waals surface area contributed by atoms with Crippen molar-refractivity contribution in [3.63, 3.8) is 0 Å². The van der Waals surface area contributed by atoms with Gasteiger partial charge in [0.25, 0.3) is 0 Å². The first-order chi connectivity index (χ1) is 7.50. The summed E-state index contributed by atoms with van der Waals surface area (Å²) >= 11 is 0. The van der Waals surface area contributed by atoms with E-state index in [0.717, 1.165) is 18.7 Å². The second-order valence-corrected chi connectivity index (χ2v) is 4.62. The van der Waals surface area contributed by atoms with Crippen molar-refractivity contribution >= 4 is 0 Å². The lowest BCUT2D eigenvalue weighted by Gasteiger charge is -2.25. The van der Waals surface area contributed by atoms with Crippen LogP contribution in [0.15, 0.2) is 12.4 Å². The van der Waals surface area contributed by atoms with Gasteiger partial charge in [-0.15, -0.1) is 0 Å². The molecule has 5 nitrogen and oxygen atoms in total. The van der Waals surface area contributed by atoms with E-state index in [9.17, 15) is 0 Å². The molecule has 0 aliphatic carbocycles. The summed E-state index contributed by atoms with van der Waals surface area (Å²) < 4.78 is 7.36. The van der Waals surface area contributed by atoms with Gasteiger partial charge in [0.2, 0.25) is 0 Å². The van der Waals surface area contributed by atoms with Crippen LogP contribution in [0.4, 0.5) is 0 Å². The Morgan fingerprint density at radius 1 is 1.62 bits per heavy atom. The maximum absolute atomic E-state index is 5.56. The van der Waals surface area contributed by atoms with E-state index >= 15 is 0 Å². The first kappa shape index (κ1) is 13.2. The average molecular weight is 226 g/mol. The highest BCUT2D eigenvalue weighted by atomic mass is 16.5. The van der Waals surface area contributed by atoms with E-state index in [4.69, 9.17) is 10.6 Å². The number of hydrogen-bond donors (Lipinski definition) is 2. The van der Waals surface area contributed by atoms with Crippen LogP contribution in [0, 0.1) is 0 Å². The van der Waals surface area contributed by atoms with Gasteiger partial charge in [0.1, 0.15) is 5.82 Å². The van der Waals surface area contributed by atoms with E-state index in [1.54, 1.807) is 13.3 Å². The Labute approximate surface area is 97.0 Å². The molecule has 0 spiro atoms. The third-order valence-corrected chi connectivity index (χ3v) is 2.96. The minimum absolute atomic E-state index is 0.0643. The molecule has 0 fully saturated rings. The number of nitrogens with zero attached hydrogens (tertiary/aromatic N) is 2. The SMILES string of the molecule is COC(C)(C)CCC(NN)c1nccn1C. The highest BCUT2D eigenvalue weighted by Crippen LogP contribution is 2.22. The second-order valence-electron chi connectivity index (χ2n) is 4.62. The number of methoxy groups -OCH3 is 1. The highest BCUT2D eigenvalue weighted by molar-refractivity contribution is 4.98. The van der Waals surface area contributed by atoms with Crippen molar-refractivity contribution < 1.29 is 4.74 Å². The number of aromatic nitrogens is 2. The quantitative estimate of drug-likeness (QED) is 0.564. The number of ether oxygens (including phenoxy) is 1. The molecule has 3 N–H and O–H groups in total. The molecule has 1 heterocycles. The molecule has 1 unspecified atom stereocenters. The fourth-order valence-corrected chi connectivity index (χ4v) is 1.59. The molecule has 0 aliphatic rings. The lowest BCUT2D eigenvalue weighted by Crippen LogP contribution is -2.32. The van der Waals surface area contributed by atoms with Gasteiger partial charge in [-0.3, -0.25) is 5.84 Å². The zero-order chi connectivity index (χ0) is 12.2. The summed E-state index contributed by atoms with van der Waals surface area (Å²) in [6, 6.07) is 0.0643. The maximum Gasteiger partial charge on any atom is 0.126 e. The minimum Gasteiger partial charge on any atom is -0.379 e. The van der Waals surface area contributed by atoms with Crippen LogP contribution in [0.2, 0.25) is 0 Å². The molecule has 1 rings (SSSR count). The molecule has 0 saturated heterocycles. The summed E-state index contributed by atoms with van der Waals surface area (Å²) in [4.78, 5) is 4.29. The molecular formula is C11H22N4O. The minimum atomic E-state index is -0.125. The fraction of sp³-hybridized carbons (Fsp3) is 0.727. The van der Waals surface area contributed by atoms with E-state index in [1.807, 2.05) is 17.8 Å². The van der Waals surface area contributed by atoms with Crippen LogP contribution in [0.5, 0.6) is 0 Å². The molecule has 5 heteroatoms. The van der Waals surface area contributed by atoms with Crippen LogP contribution < -0.4 is 11.3 Å². The number of imidazole rings is 1. The van der Waals surface area contributed by atoms with Crippen LogP contribution in [0.25, 0.3) is 0 Å². The van der Waals surface area contributed by atoms with E-state index < -0.39 is 0 Å². The van der Waals surface area contributed by atoms with Crippen molar-refractivity contribution in [2.45, 2.75) is 38.3 Å². The Balaban J connectivity index is 2.60. The summed E-state index contributed by atoms with van der Waals surface area (Å²) in [5.74, 6) is 6.51. The molecule has 0 aliphatic heterocycles. The van der Waals surface area contributed by atoms with E-state index in [2.05, 4.69) is 24.3 Å². The lowest BCUT2D eigenvalue weighted by molar-refractivity contribution is 0.0114. The van der Waals surface area contributed by atoms with Gasteiger partial charge >= 0.3 is 0 Å². The first-order valence-electron chi connectivity index (χ1n) is 5.48. The number of rotatable bonds is 6. The fourth-order valence-electron chi connectivity index (χ4n) is 1.59. The molecule has 1 aromatic rings. The van der Waals surface area contributed by atoms with E-state index in [-0.39, 0.29) is 11.6 Å². The summed E-state index contributed by atoms with van der Waals surface area (Å²) in [5, 5.41) is 0. The topological polar surface area (TPSA) is 65.1 Å². The Kier molecular flexibility index (Phi) is 4.46. The molecule has 92 valence electrons. The molecule has 16 heavy (non-hydrogen) atoms. The van der Waals surface area contributed by atoms with Crippen LogP contribution in [0.3, 0.4) is 0 Å². The van der Waals surface area contributed by atoms with Gasteiger partial charge in [0, 0.05) is 26.6 Å². The zero-order valence-electron chi connectivity index (χ0n) is 10.5.